The zero-order valence-corrected chi connectivity index (χ0v) is 7.37. The molecule has 1 saturated carbocycles. The highest BCUT2D eigenvalue weighted by Crippen LogP contribution is 2.57. The van der Waals surface area contributed by atoms with Crippen LogP contribution < -0.4 is 0 Å². The van der Waals surface area contributed by atoms with Gasteiger partial charge in [0.25, 0.3) is 0 Å². The lowest BCUT2D eigenvalue weighted by atomic mass is 10.1. The van der Waals surface area contributed by atoms with Crippen molar-refractivity contribution in [2.75, 3.05) is 0 Å². The Morgan fingerprint density at radius 2 is 2.33 bits per heavy atom. The summed E-state index contributed by atoms with van der Waals surface area (Å²) in [6.07, 6.45) is 2.73. The van der Waals surface area contributed by atoms with Gasteiger partial charge in [-0.2, -0.15) is 4.98 Å². The lowest BCUT2D eigenvalue weighted by Gasteiger charge is -1.95. The Kier molecular flexibility index (Phi) is 1.37. The van der Waals surface area contributed by atoms with Crippen molar-refractivity contribution in [1.29, 1.82) is 0 Å². The third-order valence-electron chi connectivity index (χ3n) is 2.46. The maximum atomic E-state index is 4.93. The van der Waals surface area contributed by atoms with Crippen LogP contribution in [0.5, 0.6) is 0 Å². The molecule has 1 fully saturated rings. The van der Waals surface area contributed by atoms with Gasteiger partial charge in [0.1, 0.15) is 0 Å². The van der Waals surface area contributed by atoms with Crippen LogP contribution in [0.25, 0.3) is 6.08 Å². The third-order valence-corrected chi connectivity index (χ3v) is 2.46. The molecular weight excluding hydrogens is 152 g/mol. The quantitative estimate of drug-likeness (QED) is 0.672. The van der Waals surface area contributed by atoms with Gasteiger partial charge in [-0.15, -0.1) is 0 Å². The largest absolute Gasteiger partial charge is 0.335 e. The second-order valence-corrected chi connectivity index (χ2v) is 3.94. The standard InChI is InChI=1S/C9H12N2O/c1-4-7-10-8(11-12-7)6-5-9(6,2)3/h4,6H,1,5H2,2-3H3. The van der Waals surface area contributed by atoms with Crippen LogP contribution in [0.1, 0.15) is 37.9 Å². The topological polar surface area (TPSA) is 38.9 Å². The van der Waals surface area contributed by atoms with E-state index in [4.69, 9.17) is 4.52 Å². The second-order valence-electron chi connectivity index (χ2n) is 3.94. The summed E-state index contributed by atoms with van der Waals surface area (Å²) >= 11 is 0. The average Bonchev–Trinajstić information content (AvgIpc) is 2.52. The van der Waals surface area contributed by atoms with E-state index in [0.29, 0.717) is 17.2 Å². The molecule has 0 radical (unpaired) electrons. The molecule has 3 heteroatoms. The van der Waals surface area contributed by atoms with Gasteiger partial charge in [-0.05, 0) is 17.9 Å². The van der Waals surface area contributed by atoms with Crippen molar-refractivity contribution in [3.63, 3.8) is 0 Å². The predicted molar refractivity (Wildman–Crippen MR) is 45.5 cm³/mol. The molecule has 0 bridgehead atoms. The minimum Gasteiger partial charge on any atom is -0.335 e. The first kappa shape index (κ1) is 7.53. The van der Waals surface area contributed by atoms with E-state index in [1.807, 2.05) is 0 Å². The molecule has 3 nitrogen and oxygen atoms in total. The van der Waals surface area contributed by atoms with Crippen molar-refractivity contribution in [2.24, 2.45) is 5.41 Å². The molecule has 0 aromatic carbocycles. The van der Waals surface area contributed by atoms with E-state index in [0.717, 1.165) is 12.2 Å². The average molecular weight is 164 g/mol. The van der Waals surface area contributed by atoms with Crippen molar-refractivity contribution in [2.45, 2.75) is 26.2 Å². The van der Waals surface area contributed by atoms with Crippen molar-refractivity contribution in [1.82, 2.24) is 10.1 Å². The first-order chi connectivity index (χ1) is 5.63. The molecule has 1 aliphatic carbocycles. The third kappa shape index (κ3) is 1.05. The van der Waals surface area contributed by atoms with Crippen LogP contribution in [0.2, 0.25) is 0 Å². The fraction of sp³-hybridized carbons (Fsp3) is 0.556. The van der Waals surface area contributed by atoms with Crippen LogP contribution in [0.3, 0.4) is 0 Å². The van der Waals surface area contributed by atoms with E-state index in [2.05, 4.69) is 30.6 Å². The summed E-state index contributed by atoms with van der Waals surface area (Å²) < 4.78 is 4.93. The van der Waals surface area contributed by atoms with Crippen molar-refractivity contribution in [3.8, 4) is 0 Å². The molecular formula is C9H12N2O. The predicted octanol–water partition coefficient (Wildman–Crippen LogP) is 2.23. The highest BCUT2D eigenvalue weighted by Gasteiger charge is 2.49. The Hall–Kier alpha value is -1.12. The molecule has 1 unspecified atom stereocenters. The van der Waals surface area contributed by atoms with Crippen LogP contribution in [-0.2, 0) is 0 Å². The first-order valence-electron chi connectivity index (χ1n) is 4.09. The van der Waals surface area contributed by atoms with Gasteiger partial charge < -0.3 is 4.52 Å². The Labute approximate surface area is 71.5 Å². The van der Waals surface area contributed by atoms with E-state index >= 15 is 0 Å². The highest BCUT2D eigenvalue weighted by molar-refractivity contribution is 5.33. The number of nitrogens with zero attached hydrogens (tertiary/aromatic N) is 2. The lowest BCUT2D eigenvalue weighted by molar-refractivity contribution is 0.400. The van der Waals surface area contributed by atoms with Crippen LogP contribution >= 0.6 is 0 Å². The smallest absolute Gasteiger partial charge is 0.250 e. The van der Waals surface area contributed by atoms with Gasteiger partial charge in [0.2, 0.25) is 5.89 Å². The molecule has 1 aromatic rings. The van der Waals surface area contributed by atoms with E-state index < -0.39 is 0 Å². The molecule has 0 N–H and O–H groups in total. The minimum atomic E-state index is 0.363. The van der Waals surface area contributed by atoms with Gasteiger partial charge in [0.05, 0.1) is 0 Å². The van der Waals surface area contributed by atoms with Crippen LogP contribution in [0.4, 0.5) is 0 Å². The van der Waals surface area contributed by atoms with E-state index in [1.165, 1.54) is 0 Å². The lowest BCUT2D eigenvalue weighted by Crippen LogP contribution is -1.91. The molecule has 0 aliphatic heterocycles. The molecule has 0 spiro atoms. The second kappa shape index (κ2) is 2.19. The fourth-order valence-corrected chi connectivity index (χ4v) is 1.38. The highest BCUT2D eigenvalue weighted by atomic mass is 16.5. The number of hydrogen-bond acceptors (Lipinski definition) is 3. The van der Waals surface area contributed by atoms with Crippen molar-refractivity contribution < 1.29 is 4.52 Å². The monoisotopic (exact) mass is 164 g/mol. The number of hydrogen-bond donors (Lipinski definition) is 0. The number of aromatic nitrogens is 2. The normalized spacial score (nSPS) is 25.3. The van der Waals surface area contributed by atoms with Gasteiger partial charge in [-0.1, -0.05) is 25.6 Å². The van der Waals surface area contributed by atoms with E-state index in [1.54, 1.807) is 6.08 Å². The van der Waals surface area contributed by atoms with Gasteiger partial charge in [0.15, 0.2) is 5.82 Å². The zero-order chi connectivity index (χ0) is 8.77. The van der Waals surface area contributed by atoms with E-state index in [9.17, 15) is 0 Å². The summed E-state index contributed by atoms with van der Waals surface area (Å²) in [4.78, 5) is 4.19. The first-order valence-corrected chi connectivity index (χ1v) is 4.09. The summed E-state index contributed by atoms with van der Waals surface area (Å²) in [6, 6.07) is 0. The molecule has 0 amide bonds. The van der Waals surface area contributed by atoms with E-state index in [-0.39, 0.29) is 0 Å². The van der Waals surface area contributed by atoms with Gasteiger partial charge in [-0.25, -0.2) is 0 Å². The van der Waals surface area contributed by atoms with Crippen LogP contribution in [0.15, 0.2) is 11.1 Å². The Morgan fingerprint density at radius 1 is 1.67 bits per heavy atom. The fourth-order valence-electron chi connectivity index (χ4n) is 1.38. The molecule has 1 aromatic heterocycles. The SMILES string of the molecule is C=Cc1nc(C2CC2(C)C)no1. The van der Waals surface area contributed by atoms with Gasteiger partial charge in [0, 0.05) is 5.92 Å². The van der Waals surface area contributed by atoms with Crippen LogP contribution in [0, 0.1) is 5.41 Å². The maximum absolute atomic E-state index is 4.93. The Morgan fingerprint density at radius 3 is 2.75 bits per heavy atom. The Balaban J connectivity index is 2.20. The Bertz CT molecular complexity index is 314. The van der Waals surface area contributed by atoms with Gasteiger partial charge >= 0.3 is 0 Å². The molecule has 1 atom stereocenters. The van der Waals surface area contributed by atoms with Crippen LogP contribution in [-0.4, -0.2) is 10.1 Å². The molecule has 1 heterocycles. The maximum Gasteiger partial charge on any atom is 0.250 e. The summed E-state index contributed by atoms with van der Waals surface area (Å²) in [7, 11) is 0. The van der Waals surface area contributed by atoms with Crippen molar-refractivity contribution >= 4 is 6.08 Å². The van der Waals surface area contributed by atoms with Crippen molar-refractivity contribution in [3.05, 3.63) is 18.3 Å². The summed E-state index contributed by atoms with van der Waals surface area (Å²) in [5.74, 6) is 1.83. The molecule has 0 saturated heterocycles. The molecule has 64 valence electrons. The minimum absolute atomic E-state index is 0.363. The summed E-state index contributed by atoms with van der Waals surface area (Å²) in [5, 5.41) is 3.89. The summed E-state index contributed by atoms with van der Waals surface area (Å²) in [6.45, 7) is 7.98. The molecule has 2 rings (SSSR count). The number of rotatable bonds is 2. The van der Waals surface area contributed by atoms with Gasteiger partial charge in [-0.3, -0.25) is 0 Å². The molecule has 12 heavy (non-hydrogen) atoms. The molecule has 1 aliphatic rings. The summed E-state index contributed by atoms with van der Waals surface area (Å²) in [5.41, 5.74) is 0.363. The zero-order valence-electron chi connectivity index (χ0n) is 7.37.